The summed E-state index contributed by atoms with van der Waals surface area (Å²) in [6, 6.07) is 7.05. The Labute approximate surface area is 94.0 Å². The lowest BCUT2D eigenvalue weighted by molar-refractivity contribution is 0.479. The molecule has 0 spiro atoms. The van der Waals surface area contributed by atoms with Crippen LogP contribution < -0.4 is 5.56 Å². The van der Waals surface area contributed by atoms with Crippen molar-refractivity contribution < 1.29 is 5.11 Å². The molecule has 1 aromatic carbocycles. The van der Waals surface area contributed by atoms with Gasteiger partial charge in [0.05, 0.1) is 5.52 Å². The van der Waals surface area contributed by atoms with Crippen LogP contribution in [0.25, 0.3) is 10.9 Å². The average molecular weight is 217 g/mol. The second-order valence-corrected chi connectivity index (χ2v) is 4.36. The van der Waals surface area contributed by atoms with Gasteiger partial charge in [0.1, 0.15) is 5.75 Å². The van der Waals surface area contributed by atoms with Crippen LogP contribution in [0.5, 0.6) is 5.75 Å². The van der Waals surface area contributed by atoms with Crippen molar-refractivity contribution in [2.45, 2.75) is 19.8 Å². The number of fused-ring (bicyclic) bond motifs is 1. The molecule has 1 N–H and O–H groups in total. The van der Waals surface area contributed by atoms with Gasteiger partial charge in [-0.3, -0.25) is 4.79 Å². The molecule has 1 aromatic heterocycles. The van der Waals surface area contributed by atoms with Gasteiger partial charge in [-0.2, -0.15) is 0 Å². The van der Waals surface area contributed by atoms with Crippen LogP contribution in [0.15, 0.2) is 29.1 Å². The van der Waals surface area contributed by atoms with Crippen molar-refractivity contribution in [3.05, 3.63) is 40.2 Å². The molecule has 1 heterocycles. The average Bonchev–Trinajstić information content (AvgIpc) is 2.25. The first-order valence-electron chi connectivity index (χ1n) is 5.33. The van der Waals surface area contributed by atoms with E-state index in [2.05, 4.69) is 13.8 Å². The van der Waals surface area contributed by atoms with Gasteiger partial charge in [-0.05, 0) is 23.6 Å². The SMILES string of the molecule is CC(C)c1ccc2c(O)cc(=O)n(C)c2c1. The fourth-order valence-corrected chi connectivity index (χ4v) is 1.81. The predicted octanol–water partition coefficient (Wildman–Crippen LogP) is 2.37. The number of hydrogen-bond donors (Lipinski definition) is 1. The molecule has 0 aliphatic heterocycles. The van der Waals surface area contributed by atoms with E-state index in [4.69, 9.17) is 0 Å². The van der Waals surface area contributed by atoms with Gasteiger partial charge in [0.25, 0.3) is 5.56 Å². The quantitative estimate of drug-likeness (QED) is 0.796. The molecule has 0 atom stereocenters. The monoisotopic (exact) mass is 217 g/mol. The highest BCUT2D eigenvalue weighted by atomic mass is 16.3. The van der Waals surface area contributed by atoms with Crippen molar-refractivity contribution >= 4 is 10.9 Å². The Morgan fingerprint density at radius 3 is 2.56 bits per heavy atom. The van der Waals surface area contributed by atoms with Gasteiger partial charge in [-0.1, -0.05) is 19.9 Å². The van der Waals surface area contributed by atoms with Crippen LogP contribution in [0.2, 0.25) is 0 Å². The third-order valence-corrected chi connectivity index (χ3v) is 2.92. The van der Waals surface area contributed by atoms with Crippen LogP contribution >= 0.6 is 0 Å². The van der Waals surface area contributed by atoms with E-state index in [9.17, 15) is 9.90 Å². The van der Waals surface area contributed by atoms with Gasteiger partial charge in [0, 0.05) is 18.5 Å². The van der Waals surface area contributed by atoms with Gasteiger partial charge < -0.3 is 9.67 Å². The number of benzene rings is 1. The molecule has 0 saturated carbocycles. The Bertz CT molecular complexity index is 597. The van der Waals surface area contributed by atoms with Gasteiger partial charge in [-0.25, -0.2) is 0 Å². The van der Waals surface area contributed by atoms with Crippen LogP contribution in [-0.4, -0.2) is 9.67 Å². The molecular formula is C13H15NO2. The van der Waals surface area contributed by atoms with Crippen LogP contribution in [-0.2, 0) is 7.05 Å². The first-order chi connectivity index (χ1) is 7.50. The summed E-state index contributed by atoms with van der Waals surface area (Å²) in [5.74, 6) is 0.454. The molecule has 3 nitrogen and oxygen atoms in total. The summed E-state index contributed by atoms with van der Waals surface area (Å²) in [6.07, 6.45) is 0. The Morgan fingerprint density at radius 1 is 1.25 bits per heavy atom. The number of rotatable bonds is 1. The lowest BCUT2D eigenvalue weighted by Gasteiger charge is -2.10. The second kappa shape index (κ2) is 3.67. The van der Waals surface area contributed by atoms with E-state index in [1.165, 1.54) is 6.07 Å². The largest absolute Gasteiger partial charge is 0.507 e. The summed E-state index contributed by atoms with van der Waals surface area (Å²) in [6.45, 7) is 4.20. The lowest BCUT2D eigenvalue weighted by Crippen LogP contribution is -2.15. The van der Waals surface area contributed by atoms with E-state index in [1.54, 1.807) is 11.6 Å². The molecule has 0 saturated heterocycles. The highest BCUT2D eigenvalue weighted by molar-refractivity contribution is 5.85. The molecule has 84 valence electrons. The number of aryl methyl sites for hydroxylation is 1. The maximum absolute atomic E-state index is 11.5. The third kappa shape index (κ3) is 1.58. The molecule has 0 bridgehead atoms. The fraction of sp³-hybridized carbons (Fsp3) is 0.308. The van der Waals surface area contributed by atoms with Crippen molar-refractivity contribution in [3.63, 3.8) is 0 Å². The molecule has 0 aliphatic rings. The van der Waals surface area contributed by atoms with Crippen molar-refractivity contribution in [3.8, 4) is 5.75 Å². The minimum atomic E-state index is -0.189. The number of hydrogen-bond acceptors (Lipinski definition) is 2. The maximum atomic E-state index is 11.5. The van der Waals surface area contributed by atoms with Gasteiger partial charge in [0.2, 0.25) is 0 Å². The summed E-state index contributed by atoms with van der Waals surface area (Å²) in [5.41, 5.74) is 1.75. The van der Waals surface area contributed by atoms with Crippen LogP contribution in [0.3, 0.4) is 0 Å². The number of aromatic nitrogens is 1. The molecule has 0 aliphatic carbocycles. The van der Waals surface area contributed by atoms with E-state index >= 15 is 0 Å². The summed E-state index contributed by atoms with van der Waals surface area (Å²) >= 11 is 0. The van der Waals surface area contributed by atoms with Crippen LogP contribution in [0.1, 0.15) is 25.3 Å². The summed E-state index contributed by atoms with van der Waals surface area (Å²) in [4.78, 5) is 11.5. The minimum Gasteiger partial charge on any atom is -0.507 e. The second-order valence-electron chi connectivity index (χ2n) is 4.36. The Hall–Kier alpha value is -1.77. The van der Waals surface area contributed by atoms with E-state index in [1.807, 2.05) is 18.2 Å². The zero-order valence-electron chi connectivity index (χ0n) is 9.69. The molecular weight excluding hydrogens is 202 g/mol. The highest BCUT2D eigenvalue weighted by Crippen LogP contribution is 2.25. The first kappa shape index (κ1) is 10.7. The fourth-order valence-electron chi connectivity index (χ4n) is 1.81. The van der Waals surface area contributed by atoms with Gasteiger partial charge in [0.15, 0.2) is 0 Å². The van der Waals surface area contributed by atoms with E-state index < -0.39 is 0 Å². The molecule has 16 heavy (non-hydrogen) atoms. The lowest BCUT2D eigenvalue weighted by atomic mass is 10.0. The van der Waals surface area contributed by atoms with Crippen molar-refractivity contribution in [1.82, 2.24) is 4.57 Å². The Balaban J connectivity index is 2.86. The standard InChI is InChI=1S/C13H15NO2/c1-8(2)9-4-5-10-11(6-9)14(3)13(16)7-12(10)15/h4-8,15H,1-3H3. The normalized spacial score (nSPS) is 11.2. The summed E-state index contributed by atoms with van der Waals surface area (Å²) in [7, 11) is 1.72. The maximum Gasteiger partial charge on any atom is 0.254 e. The van der Waals surface area contributed by atoms with Crippen molar-refractivity contribution in [2.24, 2.45) is 7.05 Å². The molecule has 0 radical (unpaired) electrons. The van der Waals surface area contributed by atoms with E-state index in [-0.39, 0.29) is 11.3 Å². The topological polar surface area (TPSA) is 42.2 Å². The molecule has 0 unspecified atom stereocenters. The van der Waals surface area contributed by atoms with E-state index in [0.29, 0.717) is 11.3 Å². The molecule has 2 aromatic rings. The van der Waals surface area contributed by atoms with E-state index in [0.717, 1.165) is 11.1 Å². The van der Waals surface area contributed by atoms with Crippen LogP contribution in [0.4, 0.5) is 0 Å². The van der Waals surface area contributed by atoms with Gasteiger partial charge >= 0.3 is 0 Å². The molecule has 3 heteroatoms. The van der Waals surface area contributed by atoms with Crippen molar-refractivity contribution in [2.75, 3.05) is 0 Å². The van der Waals surface area contributed by atoms with Crippen LogP contribution in [0, 0.1) is 0 Å². The highest BCUT2D eigenvalue weighted by Gasteiger charge is 2.07. The first-order valence-corrected chi connectivity index (χ1v) is 5.33. The smallest absolute Gasteiger partial charge is 0.254 e. The molecule has 0 amide bonds. The summed E-state index contributed by atoms with van der Waals surface area (Å²) in [5, 5.41) is 10.4. The number of pyridine rings is 1. The van der Waals surface area contributed by atoms with Gasteiger partial charge in [-0.15, -0.1) is 0 Å². The number of nitrogens with zero attached hydrogens (tertiary/aromatic N) is 1. The molecule has 0 fully saturated rings. The zero-order chi connectivity index (χ0) is 11.9. The minimum absolute atomic E-state index is 0.0495. The third-order valence-electron chi connectivity index (χ3n) is 2.92. The summed E-state index contributed by atoms with van der Waals surface area (Å²) < 4.78 is 1.56. The Morgan fingerprint density at radius 2 is 1.94 bits per heavy atom. The Kier molecular flexibility index (Phi) is 2.46. The predicted molar refractivity (Wildman–Crippen MR) is 64.9 cm³/mol. The number of aromatic hydroxyl groups is 1. The van der Waals surface area contributed by atoms with Crippen molar-refractivity contribution in [1.29, 1.82) is 0 Å². The molecule has 2 rings (SSSR count). The zero-order valence-corrected chi connectivity index (χ0v) is 9.69.